The van der Waals surface area contributed by atoms with E-state index >= 15 is 0 Å². The first kappa shape index (κ1) is 13.1. The monoisotopic (exact) mass is 271 g/mol. The van der Waals surface area contributed by atoms with Crippen molar-refractivity contribution in [3.05, 3.63) is 29.8 Å². The van der Waals surface area contributed by atoms with Crippen molar-refractivity contribution in [2.24, 2.45) is 0 Å². The van der Waals surface area contributed by atoms with Gasteiger partial charge < -0.3 is 9.80 Å². The number of hydrogen-bond donors (Lipinski definition) is 1. The Labute approximate surface area is 119 Å². The lowest BCUT2D eigenvalue weighted by atomic mass is 10.1. The fourth-order valence-corrected chi connectivity index (χ4v) is 3.15. The van der Waals surface area contributed by atoms with E-state index in [1.54, 1.807) is 18.2 Å². The first-order chi connectivity index (χ1) is 9.71. The Morgan fingerprint density at radius 1 is 1.25 bits per heavy atom. The summed E-state index contributed by atoms with van der Waals surface area (Å²) in [5, 5.41) is 11.9. The van der Waals surface area contributed by atoms with Gasteiger partial charge in [-0.1, -0.05) is 12.1 Å². The number of nitrogens with zero attached hydrogens (tertiary/aromatic N) is 3. The molecule has 4 rings (SSSR count). The lowest BCUT2D eigenvalue weighted by Crippen LogP contribution is -2.68. The molecule has 1 aromatic rings. The van der Waals surface area contributed by atoms with Crippen LogP contribution < -0.4 is 5.32 Å². The van der Waals surface area contributed by atoms with Crippen molar-refractivity contribution in [1.29, 1.82) is 5.26 Å². The first-order valence-corrected chi connectivity index (χ1v) is 7.07. The summed E-state index contributed by atoms with van der Waals surface area (Å²) in [6.07, 6.45) is 0. The molecule has 3 fully saturated rings. The van der Waals surface area contributed by atoms with Crippen LogP contribution in [0.2, 0.25) is 0 Å². The number of para-hydroxylation sites is 1. The molecule has 3 aliphatic rings. The summed E-state index contributed by atoms with van der Waals surface area (Å²) in [5.41, 5.74) is 1.14. The van der Waals surface area contributed by atoms with E-state index in [1.165, 1.54) is 0 Å². The van der Waals surface area contributed by atoms with E-state index < -0.39 is 0 Å². The van der Waals surface area contributed by atoms with Gasteiger partial charge in [0.15, 0.2) is 6.54 Å². The zero-order valence-corrected chi connectivity index (χ0v) is 11.5. The number of rotatable bonds is 3. The standard InChI is InChI=1S/C15H18N4O/c16-11-13-3-1-2-4-14(13)17-15(20)12-19-8-5-18(6-9-19)7-10-19/h1-4H,5-10,12H2/p+1. The number of amides is 1. The highest BCUT2D eigenvalue weighted by Gasteiger charge is 2.39. The van der Waals surface area contributed by atoms with Crippen molar-refractivity contribution in [2.45, 2.75) is 0 Å². The maximum absolute atomic E-state index is 12.3. The highest BCUT2D eigenvalue weighted by Crippen LogP contribution is 2.20. The zero-order valence-electron chi connectivity index (χ0n) is 11.5. The van der Waals surface area contributed by atoms with Crippen molar-refractivity contribution in [2.75, 3.05) is 51.1 Å². The van der Waals surface area contributed by atoms with E-state index in [2.05, 4.69) is 16.3 Å². The number of piperazine rings is 3. The Kier molecular flexibility index (Phi) is 3.43. The molecule has 3 heterocycles. The van der Waals surface area contributed by atoms with E-state index in [4.69, 9.17) is 5.26 Å². The smallest absolute Gasteiger partial charge is 0.279 e. The van der Waals surface area contributed by atoms with Gasteiger partial charge in [0.2, 0.25) is 0 Å². The van der Waals surface area contributed by atoms with Crippen molar-refractivity contribution in [3.8, 4) is 6.07 Å². The highest BCUT2D eigenvalue weighted by molar-refractivity contribution is 5.92. The minimum Gasteiger partial charge on any atom is -0.320 e. The Balaban J connectivity index is 1.67. The molecule has 0 spiro atoms. The quantitative estimate of drug-likeness (QED) is 0.821. The molecule has 0 unspecified atom stereocenters. The Morgan fingerprint density at radius 2 is 1.90 bits per heavy atom. The van der Waals surface area contributed by atoms with E-state index in [9.17, 15) is 4.79 Å². The summed E-state index contributed by atoms with van der Waals surface area (Å²) in [7, 11) is 0. The Bertz CT molecular complexity index is 541. The normalized spacial score (nSPS) is 27.9. The molecule has 1 aromatic carbocycles. The number of nitrogens with one attached hydrogen (secondary N) is 1. The second-order valence-electron chi connectivity index (χ2n) is 5.72. The molecule has 0 atom stereocenters. The molecule has 1 amide bonds. The fraction of sp³-hybridized carbons (Fsp3) is 0.467. The molecule has 5 heteroatoms. The molecule has 3 saturated heterocycles. The Morgan fingerprint density at radius 3 is 2.55 bits per heavy atom. The molecular weight excluding hydrogens is 252 g/mol. The minimum absolute atomic E-state index is 0.0167. The highest BCUT2D eigenvalue weighted by atomic mass is 16.2. The topological polar surface area (TPSA) is 56.1 Å². The van der Waals surface area contributed by atoms with Crippen LogP contribution in [-0.4, -0.2) is 61.1 Å². The molecule has 3 aliphatic heterocycles. The van der Waals surface area contributed by atoms with Gasteiger partial charge in [-0.2, -0.15) is 5.26 Å². The van der Waals surface area contributed by atoms with Crippen LogP contribution >= 0.6 is 0 Å². The summed E-state index contributed by atoms with van der Waals surface area (Å²) in [5.74, 6) is 0.0167. The van der Waals surface area contributed by atoms with Crippen molar-refractivity contribution >= 4 is 11.6 Å². The van der Waals surface area contributed by atoms with Gasteiger partial charge in [0.1, 0.15) is 6.07 Å². The number of benzene rings is 1. The molecule has 5 nitrogen and oxygen atoms in total. The molecule has 2 bridgehead atoms. The van der Waals surface area contributed by atoms with E-state index in [0.717, 1.165) is 43.8 Å². The molecular formula is C15H19N4O+. The van der Waals surface area contributed by atoms with Crippen LogP contribution in [0.5, 0.6) is 0 Å². The van der Waals surface area contributed by atoms with E-state index in [1.807, 2.05) is 6.07 Å². The van der Waals surface area contributed by atoms with Crippen LogP contribution in [0, 0.1) is 11.3 Å². The van der Waals surface area contributed by atoms with Gasteiger partial charge in [-0.25, -0.2) is 0 Å². The van der Waals surface area contributed by atoms with Gasteiger partial charge in [-0.3, -0.25) is 9.69 Å². The number of hydrogen-bond acceptors (Lipinski definition) is 3. The molecule has 1 N–H and O–H groups in total. The molecule has 0 saturated carbocycles. The second kappa shape index (κ2) is 5.23. The van der Waals surface area contributed by atoms with Gasteiger partial charge in [0, 0.05) is 19.6 Å². The van der Waals surface area contributed by atoms with E-state index in [-0.39, 0.29) is 5.91 Å². The van der Waals surface area contributed by atoms with Crippen LogP contribution in [0.1, 0.15) is 5.56 Å². The number of carbonyl (C=O) groups excluding carboxylic acids is 1. The third-order valence-corrected chi connectivity index (χ3v) is 4.47. The average Bonchev–Trinajstić information content (AvgIpc) is 2.49. The first-order valence-electron chi connectivity index (χ1n) is 7.07. The number of quaternary nitrogens is 1. The second-order valence-corrected chi connectivity index (χ2v) is 5.72. The van der Waals surface area contributed by atoms with Crippen molar-refractivity contribution in [1.82, 2.24) is 4.90 Å². The zero-order chi connectivity index (χ0) is 14.0. The van der Waals surface area contributed by atoms with Crippen molar-refractivity contribution < 1.29 is 9.28 Å². The minimum atomic E-state index is 0.0167. The number of carbonyl (C=O) groups is 1. The third kappa shape index (κ3) is 2.53. The van der Waals surface area contributed by atoms with Crippen LogP contribution in [0.3, 0.4) is 0 Å². The molecule has 0 aliphatic carbocycles. The molecule has 0 aromatic heterocycles. The Hall–Kier alpha value is -1.90. The number of anilines is 1. The van der Waals surface area contributed by atoms with E-state index in [0.29, 0.717) is 17.8 Å². The van der Waals surface area contributed by atoms with Crippen LogP contribution in [0.4, 0.5) is 5.69 Å². The van der Waals surface area contributed by atoms with Gasteiger partial charge in [-0.15, -0.1) is 0 Å². The molecule has 104 valence electrons. The van der Waals surface area contributed by atoms with Gasteiger partial charge in [-0.05, 0) is 12.1 Å². The predicted molar refractivity (Wildman–Crippen MR) is 76.0 cm³/mol. The lowest BCUT2D eigenvalue weighted by Gasteiger charge is -2.50. The summed E-state index contributed by atoms with van der Waals surface area (Å²) in [6.45, 7) is 7.01. The maximum atomic E-state index is 12.3. The summed E-state index contributed by atoms with van der Waals surface area (Å²) in [4.78, 5) is 14.7. The van der Waals surface area contributed by atoms with Crippen molar-refractivity contribution in [3.63, 3.8) is 0 Å². The van der Waals surface area contributed by atoms with Gasteiger partial charge in [0.25, 0.3) is 5.91 Å². The fourth-order valence-electron chi connectivity index (χ4n) is 3.15. The van der Waals surface area contributed by atoms with Crippen LogP contribution in [0.25, 0.3) is 0 Å². The summed E-state index contributed by atoms with van der Waals surface area (Å²) in [6, 6.07) is 9.26. The number of nitriles is 1. The van der Waals surface area contributed by atoms with Gasteiger partial charge >= 0.3 is 0 Å². The average molecular weight is 271 g/mol. The third-order valence-electron chi connectivity index (χ3n) is 4.47. The summed E-state index contributed by atoms with van der Waals surface area (Å²) < 4.78 is 0.900. The largest absolute Gasteiger partial charge is 0.320 e. The predicted octanol–water partition coefficient (Wildman–Crippen LogP) is 0.643. The van der Waals surface area contributed by atoms with Crippen LogP contribution in [-0.2, 0) is 4.79 Å². The molecule has 20 heavy (non-hydrogen) atoms. The number of fused-ring (bicyclic) bond motifs is 3. The van der Waals surface area contributed by atoms with Crippen LogP contribution in [0.15, 0.2) is 24.3 Å². The SMILES string of the molecule is N#Cc1ccccc1NC(=O)C[N+]12CCN(CC1)CC2. The summed E-state index contributed by atoms with van der Waals surface area (Å²) >= 11 is 0. The lowest BCUT2D eigenvalue weighted by molar-refractivity contribution is -0.933. The maximum Gasteiger partial charge on any atom is 0.279 e. The van der Waals surface area contributed by atoms with Gasteiger partial charge in [0.05, 0.1) is 30.9 Å². The molecule has 0 radical (unpaired) electrons.